The lowest BCUT2D eigenvalue weighted by Crippen LogP contribution is -2.33. The molecule has 0 spiro atoms. The quantitative estimate of drug-likeness (QED) is 0.116. The highest BCUT2D eigenvalue weighted by Crippen LogP contribution is 2.43. The first-order chi connectivity index (χ1) is 20.3. The van der Waals surface area contributed by atoms with Crippen molar-refractivity contribution in [1.82, 2.24) is 14.6 Å². The normalized spacial score (nSPS) is 17.6. The molecule has 13 heteroatoms. The van der Waals surface area contributed by atoms with Gasteiger partial charge >= 0.3 is 11.8 Å². The van der Waals surface area contributed by atoms with E-state index in [1.165, 1.54) is 17.7 Å². The van der Waals surface area contributed by atoms with E-state index in [1.54, 1.807) is 43.2 Å². The molecule has 3 heterocycles. The fourth-order valence-corrected chi connectivity index (χ4v) is 7.44. The lowest BCUT2D eigenvalue weighted by molar-refractivity contribution is -0.713. The zero-order valence-corrected chi connectivity index (χ0v) is 25.6. The number of imidazole rings is 1. The molecule has 1 atom stereocenters. The molecule has 0 aliphatic heterocycles. The second-order valence-electron chi connectivity index (χ2n) is 11.8. The van der Waals surface area contributed by atoms with Crippen molar-refractivity contribution in [3.63, 3.8) is 0 Å². The highest BCUT2D eigenvalue weighted by atomic mass is 32.1. The molecule has 6 rings (SSSR count). The number of rotatable bonds is 13. The maximum absolute atomic E-state index is 13.7. The molecule has 2 fully saturated rings. The van der Waals surface area contributed by atoms with Crippen molar-refractivity contribution >= 4 is 46.2 Å². The summed E-state index contributed by atoms with van der Waals surface area (Å²) < 4.78 is 8.84. The number of Topliss-reactive ketones (excluding diaryl/α,β-unsaturated/α-hetero) is 2. The maximum atomic E-state index is 13.7. The molecule has 0 bridgehead atoms. The number of H-pyrrole nitrogens is 1. The van der Waals surface area contributed by atoms with Crippen LogP contribution in [0.1, 0.15) is 99.8 Å². The van der Waals surface area contributed by atoms with Crippen molar-refractivity contribution in [2.45, 2.75) is 84.1 Å². The number of carbonyl (C=O) groups excluding carboxylic acids is 3. The molecule has 3 N–H and O–H groups in total. The molecule has 0 saturated heterocycles. The van der Waals surface area contributed by atoms with Gasteiger partial charge in [-0.3, -0.25) is 14.2 Å². The van der Waals surface area contributed by atoms with Crippen LogP contribution < -0.4 is 10.00 Å². The Hall–Kier alpha value is -3.71. The summed E-state index contributed by atoms with van der Waals surface area (Å²) in [5.41, 5.74) is 2.69. The number of hydrogen-bond donors (Lipinski definition) is 2. The SMILES string of the molecule is CCOC(=O)c1ncn([C@H]2CCc3sc(CC(=O)C4CC4)c(C(=O)CCC4CC4)c3C2)c1Nc1c(N=O)c(C)[nH][n+]1C.[OH-]. The van der Waals surface area contributed by atoms with Crippen LogP contribution in [0.3, 0.4) is 0 Å². The summed E-state index contributed by atoms with van der Waals surface area (Å²) in [4.78, 5) is 57.6. The standard InChI is InChI=1S/C30H36N6O5S.H2O/c1-4-41-30(39)27-29(32-28-26(34-40)16(2)33-35(28)3)36(15-31-27)19-10-12-23-20(13-19)25(21(37)11-7-17-5-6-17)24(42-23)14-22(38)18-8-9-18;/h15,17-19H,4-14H2,1-3H3,(H,32,33,39,40);1H2/t19-;/m0./s1. The van der Waals surface area contributed by atoms with Gasteiger partial charge in [0.25, 0.3) is 0 Å². The summed E-state index contributed by atoms with van der Waals surface area (Å²) in [7, 11) is 1.75. The number of esters is 1. The molecule has 0 radical (unpaired) electrons. The molecular weight excluding hydrogens is 572 g/mol. The van der Waals surface area contributed by atoms with E-state index in [2.05, 4.69) is 20.6 Å². The highest BCUT2D eigenvalue weighted by molar-refractivity contribution is 7.12. The molecule has 12 nitrogen and oxygen atoms in total. The third-order valence-electron chi connectivity index (χ3n) is 8.67. The van der Waals surface area contributed by atoms with E-state index in [-0.39, 0.29) is 47.0 Å². The van der Waals surface area contributed by atoms with Crippen molar-refractivity contribution in [2.75, 3.05) is 11.9 Å². The fourth-order valence-electron chi connectivity index (χ4n) is 6.06. The molecule has 230 valence electrons. The van der Waals surface area contributed by atoms with E-state index < -0.39 is 5.97 Å². The summed E-state index contributed by atoms with van der Waals surface area (Å²) in [5, 5.41) is 9.49. The van der Waals surface area contributed by atoms with E-state index >= 15 is 0 Å². The van der Waals surface area contributed by atoms with Gasteiger partial charge in [0.15, 0.2) is 5.78 Å². The Labute approximate surface area is 253 Å². The number of thiophene rings is 1. The average Bonchev–Trinajstić information content (AvgIpc) is 3.89. The van der Waals surface area contributed by atoms with E-state index in [0.717, 1.165) is 48.1 Å². The number of nitrogens with zero attached hydrogens (tertiary/aromatic N) is 4. The van der Waals surface area contributed by atoms with Gasteiger partial charge in [-0.1, -0.05) is 12.8 Å². The first-order valence-electron chi connectivity index (χ1n) is 14.9. The van der Waals surface area contributed by atoms with Gasteiger partial charge < -0.3 is 10.2 Å². The second-order valence-corrected chi connectivity index (χ2v) is 13.0. The van der Waals surface area contributed by atoms with E-state index in [9.17, 15) is 19.3 Å². The first-order valence-corrected chi connectivity index (χ1v) is 15.7. The van der Waals surface area contributed by atoms with Crippen LogP contribution in [-0.2, 0) is 35.8 Å². The van der Waals surface area contributed by atoms with Crippen LogP contribution >= 0.6 is 11.3 Å². The third-order valence-corrected chi connectivity index (χ3v) is 9.96. The molecule has 0 unspecified atom stereocenters. The molecular formula is C30H38N6O6S. The Balaban J connectivity index is 0.00000368. The van der Waals surface area contributed by atoms with Crippen LogP contribution in [0.5, 0.6) is 0 Å². The second kappa shape index (κ2) is 12.5. The van der Waals surface area contributed by atoms with Gasteiger partial charge in [0.05, 0.1) is 18.6 Å². The predicted octanol–water partition coefficient (Wildman–Crippen LogP) is 5.17. The molecule has 3 aromatic rings. The molecule has 3 aliphatic rings. The number of ether oxygens (including phenoxy) is 1. The number of ketones is 2. The molecule has 3 aliphatic carbocycles. The number of aromatic nitrogens is 4. The predicted molar refractivity (Wildman–Crippen MR) is 159 cm³/mol. The number of carbonyl (C=O) groups is 3. The van der Waals surface area contributed by atoms with Gasteiger partial charge in [0.2, 0.25) is 17.2 Å². The summed E-state index contributed by atoms with van der Waals surface area (Å²) in [6.45, 7) is 3.68. The van der Waals surface area contributed by atoms with Crippen molar-refractivity contribution in [3.8, 4) is 0 Å². The number of nitrogens with one attached hydrogen (secondary N) is 2. The Morgan fingerprint density at radius 2 is 2.00 bits per heavy atom. The summed E-state index contributed by atoms with van der Waals surface area (Å²) in [6, 6.07) is -0.106. The molecule has 2 saturated carbocycles. The zero-order chi connectivity index (χ0) is 29.5. The Kier molecular flexibility index (Phi) is 8.93. The smallest absolute Gasteiger partial charge is 0.363 e. The molecule has 3 aromatic heterocycles. The average molecular weight is 611 g/mol. The highest BCUT2D eigenvalue weighted by Gasteiger charge is 2.37. The van der Waals surface area contributed by atoms with E-state index in [1.807, 2.05) is 4.57 Å². The van der Waals surface area contributed by atoms with Gasteiger partial charge in [-0.2, -0.15) is 4.68 Å². The minimum absolute atomic E-state index is 0. The monoisotopic (exact) mass is 610 g/mol. The number of hydrogen-bond acceptors (Lipinski definition) is 10. The number of fused-ring (bicyclic) bond motifs is 1. The van der Waals surface area contributed by atoms with Crippen LogP contribution in [0.4, 0.5) is 17.3 Å². The number of aryl methyl sites for hydroxylation is 3. The van der Waals surface area contributed by atoms with Crippen molar-refractivity contribution in [1.29, 1.82) is 0 Å². The van der Waals surface area contributed by atoms with Crippen LogP contribution in [0.15, 0.2) is 11.5 Å². The maximum Gasteiger partial charge on any atom is 0.363 e. The summed E-state index contributed by atoms with van der Waals surface area (Å²) >= 11 is 1.63. The fraction of sp³-hybridized carbons (Fsp3) is 0.567. The Morgan fingerprint density at radius 1 is 1.23 bits per heavy atom. The minimum atomic E-state index is -0.571. The van der Waals surface area contributed by atoms with Crippen molar-refractivity contribution in [2.24, 2.45) is 24.1 Å². The largest absolute Gasteiger partial charge is 0.870 e. The van der Waals surface area contributed by atoms with E-state index in [0.29, 0.717) is 42.5 Å². The Morgan fingerprint density at radius 3 is 2.67 bits per heavy atom. The van der Waals surface area contributed by atoms with Gasteiger partial charge in [-0.25, -0.2) is 20.2 Å². The molecule has 0 aromatic carbocycles. The molecule has 0 amide bonds. The van der Waals surface area contributed by atoms with E-state index in [4.69, 9.17) is 4.74 Å². The lowest BCUT2D eigenvalue weighted by Gasteiger charge is -2.25. The van der Waals surface area contributed by atoms with Crippen LogP contribution in [0, 0.1) is 23.7 Å². The van der Waals surface area contributed by atoms with Gasteiger partial charge in [-0.15, -0.1) is 16.2 Å². The summed E-state index contributed by atoms with van der Waals surface area (Å²) in [5.74, 6) is 1.43. The van der Waals surface area contributed by atoms with Crippen LogP contribution in [-0.4, -0.2) is 44.3 Å². The van der Waals surface area contributed by atoms with Crippen LogP contribution in [0.25, 0.3) is 0 Å². The third kappa shape index (κ3) is 6.19. The Bertz CT molecular complexity index is 1560. The first kappa shape index (κ1) is 30.7. The zero-order valence-electron chi connectivity index (χ0n) is 24.8. The van der Waals surface area contributed by atoms with Gasteiger partial charge in [0.1, 0.15) is 12.8 Å². The number of aromatic amines is 1. The van der Waals surface area contributed by atoms with Gasteiger partial charge in [-0.05, 0) is 69.0 Å². The van der Waals surface area contributed by atoms with Crippen molar-refractivity contribution < 1.29 is 29.3 Å². The number of nitroso groups, excluding NO2 is 1. The van der Waals surface area contributed by atoms with Gasteiger partial charge in [0, 0.05) is 40.1 Å². The number of anilines is 2. The van der Waals surface area contributed by atoms with Crippen LogP contribution in [0.2, 0.25) is 0 Å². The minimum Gasteiger partial charge on any atom is -0.870 e. The lowest BCUT2D eigenvalue weighted by atomic mass is 9.87. The van der Waals surface area contributed by atoms with Crippen molar-refractivity contribution in [3.05, 3.63) is 43.5 Å². The summed E-state index contributed by atoms with van der Waals surface area (Å²) in [6.07, 6.45) is 9.79. The molecule has 43 heavy (non-hydrogen) atoms. The topological polar surface area (TPSA) is 169 Å².